The number of phenols is 1. The molecule has 108 valence electrons. The summed E-state index contributed by atoms with van der Waals surface area (Å²) in [6, 6.07) is 9.20. The number of phenolic OH excluding ortho intramolecular Hbond substituents is 1. The van der Waals surface area contributed by atoms with E-state index in [0.29, 0.717) is 5.69 Å². The molecular weight excluding hydrogens is 285 g/mol. The molecule has 21 heavy (non-hydrogen) atoms. The van der Waals surface area contributed by atoms with Gasteiger partial charge in [-0.3, -0.25) is 4.57 Å². The van der Waals surface area contributed by atoms with Gasteiger partial charge in [0, 0.05) is 0 Å². The molecule has 0 aliphatic heterocycles. The van der Waals surface area contributed by atoms with Crippen molar-refractivity contribution in [2.45, 2.75) is 6.18 Å². The van der Waals surface area contributed by atoms with Gasteiger partial charge in [-0.1, -0.05) is 6.07 Å². The van der Waals surface area contributed by atoms with E-state index in [-0.39, 0.29) is 16.8 Å². The monoisotopic (exact) mass is 294 g/mol. The molecule has 0 fully saturated rings. The lowest BCUT2D eigenvalue weighted by Crippen LogP contribution is -2.14. The Morgan fingerprint density at radius 1 is 1.05 bits per heavy atom. The van der Waals surface area contributed by atoms with Gasteiger partial charge in [0.05, 0.1) is 22.3 Å². The van der Waals surface area contributed by atoms with Crippen molar-refractivity contribution in [2.24, 2.45) is 0 Å². The van der Waals surface area contributed by atoms with E-state index in [9.17, 15) is 23.1 Å². The Morgan fingerprint density at radius 3 is 2.33 bits per heavy atom. The number of aromatic hydroxyl groups is 1. The molecule has 1 aromatic heterocycles. The van der Waals surface area contributed by atoms with Crippen molar-refractivity contribution < 1.29 is 18.3 Å². The fraction of sp³-hybridized carbons (Fsp3) is 0.0714. The average molecular weight is 294 g/mol. The number of alkyl halides is 3. The molecule has 0 bridgehead atoms. The molecule has 0 aliphatic rings. The maximum atomic E-state index is 12.9. The fourth-order valence-corrected chi connectivity index (χ4v) is 2.22. The maximum Gasteiger partial charge on any atom is 0.418 e. The number of hydrogen-bond acceptors (Lipinski definition) is 2. The molecule has 0 saturated heterocycles. The zero-order chi connectivity index (χ0) is 15.2. The number of hydrogen-bond donors (Lipinski definition) is 2. The highest BCUT2D eigenvalue weighted by Gasteiger charge is 2.33. The van der Waals surface area contributed by atoms with Gasteiger partial charge in [0.2, 0.25) is 0 Å². The summed E-state index contributed by atoms with van der Waals surface area (Å²) in [4.78, 5) is 14.2. The highest BCUT2D eigenvalue weighted by molar-refractivity contribution is 5.81. The normalized spacial score (nSPS) is 12.0. The third-order valence-electron chi connectivity index (χ3n) is 3.13. The standard InChI is InChI=1S/C14H9F3N2O2/c15-14(16,17)10-2-1-3-11-12(10)18-13(21)19(11)8-4-6-9(20)7-5-8/h1-7,20H,(H,18,21). The van der Waals surface area contributed by atoms with Gasteiger partial charge in [-0.15, -0.1) is 0 Å². The Morgan fingerprint density at radius 2 is 1.71 bits per heavy atom. The first-order valence-electron chi connectivity index (χ1n) is 5.98. The number of fused-ring (bicyclic) bond motifs is 1. The summed E-state index contributed by atoms with van der Waals surface area (Å²) >= 11 is 0. The van der Waals surface area contributed by atoms with Crippen molar-refractivity contribution in [1.29, 1.82) is 0 Å². The fourth-order valence-electron chi connectivity index (χ4n) is 2.22. The number of nitrogens with one attached hydrogen (secondary N) is 1. The molecule has 0 atom stereocenters. The number of halogens is 3. The van der Waals surface area contributed by atoms with E-state index in [2.05, 4.69) is 4.98 Å². The number of aromatic amines is 1. The average Bonchev–Trinajstić information content (AvgIpc) is 2.74. The summed E-state index contributed by atoms with van der Waals surface area (Å²) < 4.78 is 40.0. The Bertz CT molecular complexity index is 861. The maximum absolute atomic E-state index is 12.9. The van der Waals surface area contributed by atoms with E-state index >= 15 is 0 Å². The van der Waals surface area contributed by atoms with Gasteiger partial charge < -0.3 is 10.1 Å². The van der Waals surface area contributed by atoms with Crippen LogP contribution in [0.4, 0.5) is 13.2 Å². The second-order valence-electron chi connectivity index (χ2n) is 4.48. The molecule has 2 N–H and O–H groups in total. The molecule has 2 aromatic carbocycles. The Hall–Kier alpha value is -2.70. The van der Waals surface area contributed by atoms with E-state index in [0.717, 1.165) is 10.6 Å². The number of H-pyrrole nitrogens is 1. The lowest BCUT2D eigenvalue weighted by atomic mass is 10.1. The molecule has 0 radical (unpaired) electrons. The first kappa shape index (κ1) is 13.3. The molecule has 0 amide bonds. The van der Waals surface area contributed by atoms with Crippen LogP contribution in [0.3, 0.4) is 0 Å². The van der Waals surface area contributed by atoms with Crippen molar-refractivity contribution in [3.05, 3.63) is 58.5 Å². The van der Waals surface area contributed by atoms with Crippen molar-refractivity contribution in [2.75, 3.05) is 0 Å². The summed E-state index contributed by atoms with van der Waals surface area (Å²) in [5.41, 5.74) is -1.34. The van der Waals surface area contributed by atoms with Gasteiger partial charge in [-0.25, -0.2) is 4.79 Å². The minimum Gasteiger partial charge on any atom is -0.508 e. The largest absolute Gasteiger partial charge is 0.508 e. The van der Waals surface area contributed by atoms with E-state index in [4.69, 9.17) is 0 Å². The molecule has 7 heteroatoms. The number of imidazole rings is 1. The number of para-hydroxylation sites is 1. The van der Waals surface area contributed by atoms with Crippen molar-refractivity contribution in [3.8, 4) is 11.4 Å². The number of benzene rings is 2. The molecule has 0 saturated carbocycles. The molecule has 0 aliphatic carbocycles. The first-order valence-corrected chi connectivity index (χ1v) is 5.98. The Kier molecular flexibility index (Phi) is 2.79. The van der Waals surface area contributed by atoms with E-state index in [1.165, 1.54) is 36.4 Å². The predicted molar refractivity (Wildman–Crippen MR) is 70.6 cm³/mol. The number of rotatable bonds is 1. The Balaban J connectivity index is 2.33. The van der Waals surface area contributed by atoms with E-state index < -0.39 is 17.4 Å². The molecule has 3 aromatic rings. The molecule has 4 nitrogen and oxygen atoms in total. The summed E-state index contributed by atoms with van der Waals surface area (Å²) in [5.74, 6) is 0.00243. The zero-order valence-electron chi connectivity index (χ0n) is 10.5. The summed E-state index contributed by atoms with van der Waals surface area (Å²) in [5, 5.41) is 9.24. The van der Waals surface area contributed by atoms with Gasteiger partial charge in [0.1, 0.15) is 5.75 Å². The zero-order valence-corrected chi connectivity index (χ0v) is 10.5. The quantitative estimate of drug-likeness (QED) is 0.724. The van der Waals surface area contributed by atoms with Crippen LogP contribution in [0.15, 0.2) is 47.3 Å². The van der Waals surface area contributed by atoms with Crippen molar-refractivity contribution in [1.82, 2.24) is 9.55 Å². The molecule has 1 heterocycles. The number of aromatic nitrogens is 2. The second kappa shape index (κ2) is 4.41. The molecular formula is C14H9F3N2O2. The van der Waals surface area contributed by atoms with Crippen LogP contribution in [0.5, 0.6) is 5.75 Å². The third kappa shape index (κ3) is 2.16. The van der Waals surface area contributed by atoms with Crippen LogP contribution < -0.4 is 5.69 Å². The number of nitrogens with zero attached hydrogens (tertiary/aromatic N) is 1. The van der Waals surface area contributed by atoms with Crippen molar-refractivity contribution in [3.63, 3.8) is 0 Å². The minimum atomic E-state index is -4.55. The van der Waals surface area contributed by atoms with Gasteiger partial charge in [-0.2, -0.15) is 13.2 Å². The summed E-state index contributed by atoms with van der Waals surface area (Å²) in [7, 11) is 0. The highest BCUT2D eigenvalue weighted by atomic mass is 19.4. The lowest BCUT2D eigenvalue weighted by molar-refractivity contribution is -0.136. The van der Waals surface area contributed by atoms with Crippen LogP contribution in [0, 0.1) is 0 Å². The van der Waals surface area contributed by atoms with Crippen LogP contribution in [0.25, 0.3) is 16.7 Å². The first-order chi connectivity index (χ1) is 9.88. The molecule has 3 rings (SSSR count). The second-order valence-corrected chi connectivity index (χ2v) is 4.48. The van der Waals surface area contributed by atoms with Crippen LogP contribution in [-0.4, -0.2) is 14.7 Å². The van der Waals surface area contributed by atoms with Gasteiger partial charge in [0.15, 0.2) is 0 Å². The molecule has 0 unspecified atom stereocenters. The minimum absolute atomic E-state index is 0.00243. The Labute approximate surface area is 116 Å². The predicted octanol–water partition coefficient (Wildman–Crippen LogP) is 3.04. The highest BCUT2D eigenvalue weighted by Crippen LogP contribution is 2.33. The summed E-state index contributed by atoms with van der Waals surface area (Å²) in [6.07, 6.45) is -4.55. The van der Waals surface area contributed by atoms with Gasteiger partial charge >= 0.3 is 11.9 Å². The van der Waals surface area contributed by atoms with Crippen LogP contribution >= 0.6 is 0 Å². The summed E-state index contributed by atoms with van der Waals surface area (Å²) in [6.45, 7) is 0. The molecule has 0 spiro atoms. The van der Waals surface area contributed by atoms with Crippen LogP contribution in [0.1, 0.15) is 5.56 Å². The van der Waals surface area contributed by atoms with E-state index in [1.54, 1.807) is 0 Å². The van der Waals surface area contributed by atoms with Crippen molar-refractivity contribution >= 4 is 11.0 Å². The van der Waals surface area contributed by atoms with Gasteiger partial charge in [0.25, 0.3) is 0 Å². The van der Waals surface area contributed by atoms with E-state index in [1.807, 2.05) is 0 Å². The lowest BCUT2D eigenvalue weighted by Gasteiger charge is -2.08. The van der Waals surface area contributed by atoms with Crippen LogP contribution in [0.2, 0.25) is 0 Å². The smallest absolute Gasteiger partial charge is 0.418 e. The third-order valence-corrected chi connectivity index (χ3v) is 3.13. The van der Waals surface area contributed by atoms with Gasteiger partial charge in [-0.05, 0) is 36.4 Å². The topological polar surface area (TPSA) is 58.0 Å². The van der Waals surface area contributed by atoms with Crippen LogP contribution in [-0.2, 0) is 6.18 Å². The SMILES string of the molecule is O=c1[nH]c2c(C(F)(F)F)cccc2n1-c1ccc(O)cc1.